The molecule has 144 valence electrons. The highest BCUT2D eigenvalue weighted by atomic mass is 19.1. The van der Waals surface area contributed by atoms with Crippen LogP contribution in [0.1, 0.15) is 35.8 Å². The maximum atomic E-state index is 14.0. The Morgan fingerprint density at radius 1 is 1.07 bits per heavy atom. The quantitative estimate of drug-likeness (QED) is 0.677. The van der Waals surface area contributed by atoms with E-state index >= 15 is 0 Å². The zero-order chi connectivity index (χ0) is 20.1. The first-order chi connectivity index (χ1) is 13.5. The zero-order valence-electron chi connectivity index (χ0n) is 15.6. The lowest BCUT2D eigenvalue weighted by molar-refractivity contribution is 0.0979. The van der Waals surface area contributed by atoms with Gasteiger partial charge in [0.05, 0.1) is 6.04 Å². The van der Waals surface area contributed by atoms with Crippen molar-refractivity contribution < 1.29 is 13.6 Å². The Hall–Kier alpha value is -3.35. The van der Waals surface area contributed by atoms with Gasteiger partial charge in [-0.05, 0) is 37.6 Å². The Morgan fingerprint density at radius 2 is 1.75 bits per heavy atom. The summed E-state index contributed by atoms with van der Waals surface area (Å²) in [6.07, 6.45) is 1.50. The topological polar surface area (TPSA) is 58.1 Å². The van der Waals surface area contributed by atoms with Crippen LogP contribution in [0.4, 0.5) is 20.5 Å². The first-order valence-electron chi connectivity index (χ1n) is 8.91. The first kappa shape index (κ1) is 19.4. The van der Waals surface area contributed by atoms with Crippen molar-refractivity contribution in [1.29, 1.82) is 0 Å². The molecule has 3 aromatic rings. The van der Waals surface area contributed by atoms with E-state index in [-0.39, 0.29) is 18.4 Å². The van der Waals surface area contributed by atoms with Crippen LogP contribution in [0.2, 0.25) is 0 Å². The predicted molar refractivity (Wildman–Crippen MR) is 104 cm³/mol. The molecule has 0 unspecified atom stereocenters. The van der Waals surface area contributed by atoms with E-state index in [0.717, 1.165) is 17.7 Å². The molecule has 1 atom stereocenters. The third-order valence-corrected chi connectivity index (χ3v) is 4.30. The number of carbonyl (C=O) groups excluding carboxylic acids is 1. The van der Waals surface area contributed by atoms with E-state index in [1.165, 1.54) is 23.2 Å². The summed E-state index contributed by atoms with van der Waals surface area (Å²) in [6, 6.07) is 14.5. The van der Waals surface area contributed by atoms with Crippen molar-refractivity contribution in [3.05, 3.63) is 83.6 Å². The van der Waals surface area contributed by atoms with Gasteiger partial charge >= 0.3 is 0 Å². The second-order valence-corrected chi connectivity index (χ2v) is 6.16. The van der Waals surface area contributed by atoms with Gasteiger partial charge in [-0.25, -0.2) is 13.8 Å². The second-order valence-electron chi connectivity index (χ2n) is 6.16. The van der Waals surface area contributed by atoms with Crippen LogP contribution in [0.3, 0.4) is 0 Å². The Morgan fingerprint density at radius 3 is 2.39 bits per heavy atom. The standard InChI is InChI=1S/C21H20F2N4O/c1-3-27(20(28)19-16(22)10-7-11-17(19)23)18-12-13-24-21(26-18)25-14(2)15-8-5-4-6-9-15/h4-14H,3H2,1-2H3,(H,24,25,26)/t14-/m0/s1. The molecule has 1 heterocycles. The fraction of sp³-hybridized carbons (Fsp3) is 0.190. The summed E-state index contributed by atoms with van der Waals surface area (Å²) in [5.74, 6) is -2.04. The number of hydrogen-bond donors (Lipinski definition) is 1. The van der Waals surface area contributed by atoms with E-state index in [2.05, 4.69) is 15.3 Å². The SMILES string of the molecule is CCN(C(=O)c1c(F)cccc1F)c1ccnc(N[C@@H](C)c2ccccc2)n1. The van der Waals surface area contributed by atoms with E-state index in [4.69, 9.17) is 0 Å². The van der Waals surface area contributed by atoms with Crippen molar-refractivity contribution in [1.82, 2.24) is 9.97 Å². The molecule has 28 heavy (non-hydrogen) atoms. The molecule has 2 aromatic carbocycles. The van der Waals surface area contributed by atoms with Crippen LogP contribution in [0, 0.1) is 11.6 Å². The van der Waals surface area contributed by atoms with Crippen molar-refractivity contribution in [2.45, 2.75) is 19.9 Å². The van der Waals surface area contributed by atoms with E-state index in [1.54, 1.807) is 6.92 Å². The lowest BCUT2D eigenvalue weighted by Gasteiger charge is -2.21. The van der Waals surface area contributed by atoms with E-state index < -0.39 is 23.1 Å². The van der Waals surface area contributed by atoms with Crippen molar-refractivity contribution in [2.75, 3.05) is 16.8 Å². The molecule has 7 heteroatoms. The van der Waals surface area contributed by atoms with E-state index in [9.17, 15) is 13.6 Å². The van der Waals surface area contributed by atoms with Gasteiger partial charge < -0.3 is 5.32 Å². The highest BCUT2D eigenvalue weighted by molar-refractivity contribution is 6.05. The van der Waals surface area contributed by atoms with Crippen LogP contribution in [-0.2, 0) is 0 Å². The number of carbonyl (C=O) groups is 1. The lowest BCUT2D eigenvalue weighted by atomic mass is 10.1. The maximum absolute atomic E-state index is 14.0. The van der Waals surface area contributed by atoms with Gasteiger partial charge in [-0.2, -0.15) is 4.98 Å². The van der Waals surface area contributed by atoms with Gasteiger partial charge in [0.15, 0.2) is 0 Å². The zero-order valence-corrected chi connectivity index (χ0v) is 15.6. The number of hydrogen-bond acceptors (Lipinski definition) is 4. The number of nitrogens with zero attached hydrogens (tertiary/aromatic N) is 3. The van der Waals surface area contributed by atoms with Crippen LogP contribution < -0.4 is 10.2 Å². The molecule has 0 radical (unpaired) electrons. The third kappa shape index (κ3) is 4.14. The minimum atomic E-state index is -0.909. The Kier molecular flexibility index (Phi) is 5.93. The molecule has 0 saturated carbocycles. The van der Waals surface area contributed by atoms with E-state index in [0.29, 0.717) is 5.95 Å². The average Bonchev–Trinajstić information content (AvgIpc) is 2.69. The fourth-order valence-electron chi connectivity index (χ4n) is 2.83. The van der Waals surface area contributed by atoms with Crippen LogP contribution in [-0.4, -0.2) is 22.4 Å². The molecule has 0 bridgehead atoms. The summed E-state index contributed by atoms with van der Waals surface area (Å²) in [5, 5.41) is 3.17. The van der Waals surface area contributed by atoms with Crippen LogP contribution in [0.5, 0.6) is 0 Å². The Balaban J connectivity index is 1.86. The van der Waals surface area contributed by atoms with E-state index in [1.807, 2.05) is 37.3 Å². The summed E-state index contributed by atoms with van der Waals surface area (Å²) in [6.45, 7) is 3.86. The molecule has 0 aliphatic carbocycles. The molecule has 0 spiro atoms. The summed E-state index contributed by atoms with van der Waals surface area (Å²) in [4.78, 5) is 22.5. The minimum absolute atomic E-state index is 0.0637. The average molecular weight is 382 g/mol. The van der Waals surface area contributed by atoms with Gasteiger partial charge in [-0.15, -0.1) is 0 Å². The van der Waals surface area contributed by atoms with Crippen molar-refractivity contribution >= 4 is 17.7 Å². The number of halogens is 2. The maximum Gasteiger partial charge on any atom is 0.265 e. The molecule has 1 aromatic heterocycles. The van der Waals surface area contributed by atoms with Crippen LogP contribution >= 0.6 is 0 Å². The number of amides is 1. The predicted octanol–water partition coefficient (Wildman–Crippen LogP) is 4.59. The highest BCUT2D eigenvalue weighted by Crippen LogP contribution is 2.21. The summed E-state index contributed by atoms with van der Waals surface area (Å²) in [5.41, 5.74) is 0.448. The molecule has 3 rings (SSSR count). The van der Waals surface area contributed by atoms with Gasteiger partial charge in [-0.1, -0.05) is 36.4 Å². The largest absolute Gasteiger partial charge is 0.348 e. The number of nitrogens with one attached hydrogen (secondary N) is 1. The van der Waals surface area contributed by atoms with Gasteiger partial charge in [0.25, 0.3) is 5.91 Å². The van der Waals surface area contributed by atoms with Crippen molar-refractivity contribution in [2.24, 2.45) is 0 Å². The summed E-state index contributed by atoms with van der Waals surface area (Å²) < 4.78 is 28.0. The Bertz CT molecular complexity index is 945. The molecular formula is C21H20F2N4O. The van der Waals surface area contributed by atoms with Gasteiger partial charge in [0.1, 0.15) is 23.0 Å². The molecular weight excluding hydrogens is 362 g/mol. The Labute approximate surface area is 162 Å². The molecule has 1 N–H and O–H groups in total. The number of benzene rings is 2. The van der Waals surface area contributed by atoms with Crippen LogP contribution in [0.25, 0.3) is 0 Å². The number of aromatic nitrogens is 2. The normalized spacial score (nSPS) is 11.7. The van der Waals surface area contributed by atoms with Gasteiger partial charge in [0, 0.05) is 12.7 Å². The van der Waals surface area contributed by atoms with Crippen LogP contribution in [0.15, 0.2) is 60.8 Å². The van der Waals surface area contributed by atoms with Crippen molar-refractivity contribution in [3.8, 4) is 0 Å². The summed E-state index contributed by atoms with van der Waals surface area (Å²) >= 11 is 0. The van der Waals surface area contributed by atoms with Gasteiger partial charge in [0.2, 0.25) is 5.95 Å². The smallest absolute Gasteiger partial charge is 0.265 e. The molecule has 0 aliphatic heterocycles. The molecule has 0 saturated heterocycles. The molecule has 5 nitrogen and oxygen atoms in total. The molecule has 0 aliphatic rings. The fourth-order valence-corrected chi connectivity index (χ4v) is 2.83. The minimum Gasteiger partial charge on any atom is -0.348 e. The van der Waals surface area contributed by atoms with Gasteiger partial charge in [-0.3, -0.25) is 9.69 Å². The summed E-state index contributed by atoms with van der Waals surface area (Å²) in [7, 11) is 0. The second kappa shape index (κ2) is 8.56. The monoisotopic (exact) mass is 382 g/mol. The first-order valence-corrected chi connectivity index (χ1v) is 8.91. The third-order valence-electron chi connectivity index (χ3n) is 4.30. The number of rotatable bonds is 6. The molecule has 1 amide bonds. The van der Waals surface area contributed by atoms with Crippen molar-refractivity contribution in [3.63, 3.8) is 0 Å². The number of anilines is 2. The molecule has 0 fully saturated rings. The lowest BCUT2D eigenvalue weighted by Crippen LogP contribution is -2.33. The highest BCUT2D eigenvalue weighted by Gasteiger charge is 2.24.